The van der Waals surface area contributed by atoms with Gasteiger partial charge in [0.25, 0.3) is 0 Å². The lowest BCUT2D eigenvalue weighted by molar-refractivity contribution is 0.0418. The van der Waals surface area contributed by atoms with Crippen LogP contribution in [0.5, 0.6) is 0 Å². The van der Waals surface area contributed by atoms with E-state index in [2.05, 4.69) is 18.9 Å². The number of halogens is 1. The van der Waals surface area contributed by atoms with Crippen LogP contribution in [0.2, 0.25) is 5.02 Å². The number of aromatic nitrogens is 2. The lowest BCUT2D eigenvalue weighted by Gasteiger charge is -2.23. The molecule has 0 bridgehead atoms. The summed E-state index contributed by atoms with van der Waals surface area (Å²) in [7, 11) is 1.91. The second-order valence-corrected chi connectivity index (χ2v) is 5.98. The molecule has 0 saturated heterocycles. The van der Waals surface area contributed by atoms with Crippen molar-refractivity contribution in [3.63, 3.8) is 0 Å². The first-order valence-electron chi connectivity index (χ1n) is 6.91. The van der Waals surface area contributed by atoms with Crippen molar-refractivity contribution < 1.29 is 5.11 Å². The first-order chi connectivity index (χ1) is 8.49. The highest BCUT2D eigenvalue weighted by atomic mass is 35.5. The number of aliphatic hydroxyl groups is 1. The summed E-state index contributed by atoms with van der Waals surface area (Å²) in [6.45, 7) is 4.25. The highest BCUT2D eigenvalue weighted by Gasteiger charge is 2.38. The van der Waals surface area contributed by atoms with Gasteiger partial charge in [-0.05, 0) is 31.6 Å². The highest BCUT2D eigenvalue weighted by Crippen LogP contribution is 2.39. The maximum absolute atomic E-state index is 10.7. The van der Waals surface area contributed by atoms with E-state index in [9.17, 15) is 5.11 Å². The molecule has 1 aliphatic rings. The average molecular weight is 271 g/mol. The Morgan fingerprint density at radius 1 is 1.50 bits per heavy atom. The Balaban J connectivity index is 2.17. The summed E-state index contributed by atoms with van der Waals surface area (Å²) < 4.78 is 1.83. The first kappa shape index (κ1) is 13.9. The van der Waals surface area contributed by atoms with Gasteiger partial charge in [0.05, 0.1) is 22.0 Å². The summed E-state index contributed by atoms with van der Waals surface area (Å²) in [5.41, 5.74) is 1.33. The fourth-order valence-electron chi connectivity index (χ4n) is 3.05. The highest BCUT2D eigenvalue weighted by molar-refractivity contribution is 6.31. The van der Waals surface area contributed by atoms with E-state index in [0.29, 0.717) is 12.3 Å². The van der Waals surface area contributed by atoms with Crippen LogP contribution in [0.15, 0.2) is 0 Å². The van der Waals surface area contributed by atoms with Gasteiger partial charge in [0, 0.05) is 13.5 Å². The van der Waals surface area contributed by atoms with E-state index in [0.717, 1.165) is 48.5 Å². The number of hydrogen-bond acceptors (Lipinski definition) is 2. The summed E-state index contributed by atoms with van der Waals surface area (Å²) in [4.78, 5) is 0. The maximum atomic E-state index is 10.7. The lowest BCUT2D eigenvalue weighted by Crippen LogP contribution is -2.29. The maximum Gasteiger partial charge on any atom is 0.0850 e. The molecule has 102 valence electrons. The number of aryl methyl sites for hydroxylation is 2. The van der Waals surface area contributed by atoms with E-state index < -0.39 is 5.60 Å². The van der Waals surface area contributed by atoms with E-state index in [1.165, 1.54) is 0 Å². The van der Waals surface area contributed by atoms with E-state index in [1.807, 2.05) is 11.7 Å². The molecule has 0 spiro atoms. The first-order valence-corrected chi connectivity index (χ1v) is 7.29. The Morgan fingerprint density at radius 2 is 2.22 bits per heavy atom. The van der Waals surface area contributed by atoms with Gasteiger partial charge in [0.2, 0.25) is 0 Å². The van der Waals surface area contributed by atoms with Gasteiger partial charge in [-0.15, -0.1) is 0 Å². The van der Waals surface area contributed by atoms with Gasteiger partial charge in [-0.25, -0.2) is 0 Å². The molecule has 1 saturated carbocycles. The molecular formula is C14H23ClN2O. The second-order valence-electron chi connectivity index (χ2n) is 5.60. The van der Waals surface area contributed by atoms with E-state index in [1.54, 1.807) is 0 Å². The summed E-state index contributed by atoms with van der Waals surface area (Å²) in [6, 6.07) is 0. The molecule has 4 heteroatoms. The van der Waals surface area contributed by atoms with Crippen LogP contribution in [0, 0.1) is 5.92 Å². The quantitative estimate of drug-likeness (QED) is 0.913. The molecular weight excluding hydrogens is 248 g/mol. The van der Waals surface area contributed by atoms with E-state index in [-0.39, 0.29) is 0 Å². The third-order valence-corrected chi connectivity index (χ3v) is 4.70. The zero-order valence-electron chi connectivity index (χ0n) is 11.5. The molecule has 1 heterocycles. The van der Waals surface area contributed by atoms with Crippen molar-refractivity contribution >= 4 is 11.6 Å². The standard InChI is InChI=1S/C14H23ClN2O/c1-4-10-6-7-14(18,8-10)9-12-13(15)11(5-2)16-17(12)3/h10,18H,4-9H2,1-3H3. The van der Waals surface area contributed by atoms with Crippen LogP contribution in [0.4, 0.5) is 0 Å². The predicted molar refractivity (Wildman–Crippen MR) is 73.9 cm³/mol. The Bertz CT molecular complexity index is 430. The molecule has 0 radical (unpaired) electrons. The van der Waals surface area contributed by atoms with Crippen LogP contribution in [-0.4, -0.2) is 20.5 Å². The van der Waals surface area contributed by atoms with Crippen molar-refractivity contribution in [2.75, 3.05) is 0 Å². The third-order valence-electron chi connectivity index (χ3n) is 4.26. The Kier molecular flexibility index (Phi) is 4.02. The minimum Gasteiger partial charge on any atom is -0.389 e. The number of rotatable bonds is 4. The van der Waals surface area contributed by atoms with Gasteiger partial charge < -0.3 is 5.11 Å². The molecule has 2 atom stereocenters. The summed E-state index contributed by atoms with van der Waals surface area (Å²) in [5, 5.41) is 15.8. The minimum absolute atomic E-state index is 0.580. The molecule has 3 nitrogen and oxygen atoms in total. The summed E-state index contributed by atoms with van der Waals surface area (Å²) >= 11 is 6.35. The van der Waals surface area contributed by atoms with Gasteiger partial charge >= 0.3 is 0 Å². The summed E-state index contributed by atoms with van der Waals surface area (Å²) in [5.74, 6) is 0.660. The van der Waals surface area contributed by atoms with Gasteiger partial charge in [-0.3, -0.25) is 4.68 Å². The van der Waals surface area contributed by atoms with Crippen molar-refractivity contribution in [2.45, 2.75) is 58.0 Å². The van der Waals surface area contributed by atoms with Crippen LogP contribution in [0.3, 0.4) is 0 Å². The molecule has 1 aromatic rings. The zero-order valence-corrected chi connectivity index (χ0v) is 12.3. The smallest absolute Gasteiger partial charge is 0.0850 e. The van der Waals surface area contributed by atoms with E-state index in [4.69, 9.17) is 11.6 Å². The zero-order chi connectivity index (χ0) is 13.3. The molecule has 2 rings (SSSR count). The molecule has 1 aromatic heterocycles. The van der Waals surface area contributed by atoms with Crippen molar-refractivity contribution in [2.24, 2.45) is 13.0 Å². The molecule has 1 N–H and O–H groups in total. The Labute approximate surface area is 114 Å². The largest absolute Gasteiger partial charge is 0.389 e. The monoisotopic (exact) mass is 270 g/mol. The molecule has 18 heavy (non-hydrogen) atoms. The van der Waals surface area contributed by atoms with Gasteiger partial charge in [0.1, 0.15) is 0 Å². The number of nitrogens with zero attached hydrogens (tertiary/aromatic N) is 2. The van der Waals surface area contributed by atoms with Crippen molar-refractivity contribution in [1.82, 2.24) is 9.78 Å². The number of hydrogen-bond donors (Lipinski definition) is 1. The van der Waals surface area contributed by atoms with Crippen molar-refractivity contribution in [3.8, 4) is 0 Å². The minimum atomic E-state index is -0.580. The predicted octanol–water partition coefficient (Wildman–Crippen LogP) is 3.12. The van der Waals surface area contributed by atoms with E-state index >= 15 is 0 Å². The lowest BCUT2D eigenvalue weighted by atomic mass is 9.93. The van der Waals surface area contributed by atoms with Crippen molar-refractivity contribution in [1.29, 1.82) is 0 Å². The van der Waals surface area contributed by atoms with Crippen LogP contribution >= 0.6 is 11.6 Å². The normalized spacial score (nSPS) is 27.9. The van der Waals surface area contributed by atoms with Crippen molar-refractivity contribution in [3.05, 3.63) is 16.4 Å². The molecule has 2 unspecified atom stereocenters. The molecule has 1 fully saturated rings. The molecule has 0 aliphatic heterocycles. The average Bonchev–Trinajstić information content (AvgIpc) is 2.85. The second kappa shape index (κ2) is 5.22. The fraction of sp³-hybridized carbons (Fsp3) is 0.786. The summed E-state index contributed by atoms with van der Waals surface area (Å²) in [6.07, 6.45) is 5.53. The topological polar surface area (TPSA) is 38.0 Å². The van der Waals surface area contributed by atoms with Gasteiger partial charge in [-0.2, -0.15) is 5.10 Å². The third kappa shape index (κ3) is 2.57. The van der Waals surface area contributed by atoms with Crippen LogP contribution in [-0.2, 0) is 19.9 Å². The van der Waals surface area contributed by atoms with Crippen LogP contribution < -0.4 is 0 Å². The van der Waals surface area contributed by atoms with Crippen LogP contribution in [0.1, 0.15) is 50.9 Å². The molecule has 0 amide bonds. The SMILES string of the molecule is CCc1nn(C)c(CC2(O)CCC(CC)C2)c1Cl. The van der Waals surface area contributed by atoms with Gasteiger partial charge in [-0.1, -0.05) is 31.9 Å². The van der Waals surface area contributed by atoms with Gasteiger partial charge in [0.15, 0.2) is 0 Å². The Morgan fingerprint density at radius 3 is 2.72 bits per heavy atom. The van der Waals surface area contributed by atoms with Crippen LogP contribution in [0.25, 0.3) is 0 Å². The molecule has 1 aliphatic carbocycles. The molecule has 0 aromatic carbocycles. The Hall–Kier alpha value is -0.540. The fourth-order valence-corrected chi connectivity index (χ4v) is 3.41.